The number of pyridine rings is 1. The van der Waals surface area contributed by atoms with Crippen molar-refractivity contribution in [3.63, 3.8) is 0 Å². The van der Waals surface area contributed by atoms with Crippen molar-refractivity contribution >= 4 is 16.7 Å². The summed E-state index contributed by atoms with van der Waals surface area (Å²) in [5.74, 6) is 0.0804. The van der Waals surface area contributed by atoms with Gasteiger partial charge < -0.3 is 4.98 Å². The topological polar surface area (TPSA) is 45.8 Å². The first-order valence-corrected chi connectivity index (χ1v) is 4.14. The van der Waals surface area contributed by atoms with E-state index in [9.17, 15) is 4.79 Å². The highest BCUT2D eigenvalue weighted by molar-refractivity contribution is 6.06. The first kappa shape index (κ1) is 7.98. The molecule has 0 fully saturated rings. The predicted molar refractivity (Wildman–Crippen MR) is 50.8 cm³/mol. The lowest BCUT2D eigenvalue weighted by atomic mass is 10.1. The summed E-state index contributed by atoms with van der Waals surface area (Å²) >= 11 is 0. The number of nitrogens with zero attached hydrogens (tertiary/aromatic N) is 1. The van der Waals surface area contributed by atoms with Crippen molar-refractivity contribution in [1.29, 1.82) is 0 Å². The van der Waals surface area contributed by atoms with Crippen LogP contribution in [0.1, 0.15) is 23.0 Å². The minimum atomic E-state index is 0.0804. The number of hydrogen-bond donors (Lipinski definition) is 1. The zero-order valence-corrected chi connectivity index (χ0v) is 7.59. The van der Waals surface area contributed by atoms with E-state index in [4.69, 9.17) is 0 Å². The van der Waals surface area contributed by atoms with Gasteiger partial charge in [-0.1, -0.05) is 0 Å². The number of fused-ring (bicyclic) bond motifs is 1. The molecule has 0 aliphatic carbocycles. The van der Waals surface area contributed by atoms with Gasteiger partial charge in [0.05, 0.1) is 11.2 Å². The lowest BCUT2D eigenvalue weighted by Crippen LogP contribution is -1.89. The summed E-state index contributed by atoms with van der Waals surface area (Å²) in [4.78, 5) is 18.4. The molecule has 0 bridgehead atoms. The van der Waals surface area contributed by atoms with Gasteiger partial charge in [0.25, 0.3) is 0 Å². The van der Waals surface area contributed by atoms with Crippen LogP contribution in [0.5, 0.6) is 0 Å². The van der Waals surface area contributed by atoms with Crippen LogP contribution >= 0.6 is 0 Å². The molecule has 2 aromatic rings. The van der Waals surface area contributed by atoms with Gasteiger partial charge in [0.15, 0.2) is 5.78 Å². The Morgan fingerprint density at radius 3 is 3.00 bits per heavy atom. The molecule has 13 heavy (non-hydrogen) atoms. The van der Waals surface area contributed by atoms with Gasteiger partial charge >= 0.3 is 0 Å². The number of hydrogen-bond acceptors (Lipinski definition) is 2. The average molecular weight is 174 g/mol. The highest BCUT2D eigenvalue weighted by Gasteiger charge is 2.08. The molecular weight excluding hydrogens is 164 g/mol. The maximum absolute atomic E-state index is 11.2. The van der Waals surface area contributed by atoms with Crippen molar-refractivity contribution in [3.8, 4) is 0 Å². The number of ketones is 1. The van der Waals surface area contributed by atoms with Crippen molar-refractivity contribution < 1.29 is 4.79 Å². The molecule has 0 saturated carbocycles. The van der Waals surface area contributed by atoms with Crippen molar-refractivity contribution in [2.24, 2.45) is 0 Å². The first-order chi connectivity index (χ1) is 6.20. The number of H-pyrrole nitrogens is 1. The number of nitrogens with one attached hydrogen (secondary N) is 1. The summed E-state index contributed by atoms with van der Waals surface area (Å²) in [6.45, 7) is 3.49. The molecule has 2 rings (SSSR count). The molecule has 1 N–H and O–H groups in total. The molecule has 3 heteroatoms. The van der Waals surface area contributed by atoms with Gasteiger partial charge in [-0.3, -0.25) is 9.78 Å². The molecule has 0 amide bonds. The van der Waals surface area contributed by atoms with Gasteiger partial charge in [0.2, 0.25) is 0 Å². The Labute approximate surface area is 75.8 Å². The molecule has 3 nitrogen and oxygen atoms in total. The average Bonchev–Trinajstić information content (AvgIpc) is 2.48. The number of aromatic amines is 1. The van der Waals surface area contributed by atoms with Crippen LogP contribution in [0.3, 0.4) is 0 Å². The Balaban J connectivity index is 2.83. The predicted octanol–water partition coefficient (Wildman–Crippen LogP) is 2.07. The molecule has 0 aliphatic heterocycles. The molecule has 66 valence electrons. The number of aromatic nitrogens is 2. The SMILES string of the molecule is CC(=O)c1c[nH]c2c(C)nccc12. The highest BCUT2D eigenvalue weighted by Crippen LogP contribution is 2.19. The maximum Gasteiger partial charge on any atom is 0.161 e. The summed E-state index contributed by atoms with van der Waals surface area (Å²) in [6.07, 6.45) is 3.46. The third kappa shape index (κ3) is 1.13. The Morgan fingerprint density at radius 1 is 1.54 bits per heavy atom. The number of carbonyl (C=O) groups is 1. The number of rotatable bonds is 1. The van der Waals surface area contributed by atoms with E-state index in [-0.39, 0.29) is 5.78 Å². The summed E-state index contributed by atoms with van der Waals surface area (Å²) in [7, 11) is 0. The van der Waals surface area contributed by atoms with E-state index >= 15 is 0 Å². The van der Waals surface area contributed by atoms with Gasteiger partial charge in [0.1, 0.15) is 0 Å². The van der Waals surface area contributed by atoms with Gasteiger partial charge in [0, 0.05) is 23.3 Å². The van der Waals surface area contributed by atoms with Crippen molar-refractivity contribution in [2.75, 3.05) is 0 Å². The molecule has 0 saturated heterocycles. The van der Waals surface area contributed by atoms with Gasteiger partial charge in [-0.2, -0.15) is 0 Å². The fraction of sp³-hybridized carbons (Fsp3) is 0.200. The maximum atomic E-state index is 11.2. The molecule has 0 atom stereocenters. The second kappa shape index (κ2) is 2.69. The van der Waals surface area contributed by atoms with E-state index in [1.54, 1.807) is 19.3 Å². The van der Waals surface area contributed by atoms with Crippen LogP contribution in [0, 0.1) is 6.92 Å². The quantitative estimate of drug-likeness (QED) is 0.673. The minimum absolute atomic E-state index is 0.0804. The van der Waals surface area contributed by atoms with Crippen molar-refractivity contribution in [3.05, 3.63) is 29.7 Å². The van der Waals surface area contributed by atoms with E-state index in [0.29, 0.717) is 0 Å². The zero-order valence-electron chi connectivity index (χ0n) is 7.59. The van der Waals surface area contributed by atoms with Crippen molar-refractivity contribution in [1.82, 2.24) is 9.97 Å². The van der Waals surface area contributed by atoms with Crippen LogP contribution in [0.15, 0.2) is 18.5 Å². The lowest BCUT2D eigenvalue weighted by Gasteiger charge is -1.94. The van der Waals surface area contributed by atoms with Gasteiger partial charge in [-0.05, 0) is 19.9 Å². The molecule has 0 unspecified atom stereocenters. The summed E-state index contributed by atoms with van der Waals surface area (Å²) in [5.41, 5.74) is 2.61. The van der Waals surface area contributed by atoms with Crippen LogP contribution in [0.4, 0.5) is 0 Å². The Kier molecular flexibility index (Phi) is 1.65. The summed E-state index contributed by atoms with van der Waals surface area (Å²) in [5, 5.41) is 0.958. The minimum Gasteiger partial charge on any atom is -0.359 e. The van der Waals surface area contributed by atoms with Crippen LogP contribution in [0.2, 0.25) is 0 Å². The summed E-state index contributed by atoms with van der Waals surface area (Å²) < 4.78 is 0. The molecule has 0 aliphatic rings. The molecule has 0 radical (unpaired) electrons. The largest absolute Gasteiger partial charge is 0.359 e. The Hall–Kier alpha value is -1.64. The second-order valence-corrected chi connectivity index (χ2v) is 3.08. The first-order valence-electron chi connectivity index (χ1n) is 4.14. The third-order valence-electron chi connectivity index (χ3n) is 2.17. The standard InChI is InChI=1S/C10H10N2O/c1-6-10-8(3-4-11-6)9(5-12-10)7(2)13/h3-5,12H,1-2H3. The fourth-order valence-corrected chi connectivity index (χ4v) is 1.49. The van der Waals surface area contributed by atoms with E-state index < -0.39 is 0 Å². The Morgan fingerprint density at radius 2 is 2.31 bits per heavy atom. The second-order valence-electron chi connectivity index (χ2n) is 3.08. The molecule has 2 aromatic heterocycles. The monoisotopic (exact) mass is 174 g/mol. The van der Waals surface area contributed by atoms with E-state index in [0.717, 1.165) is 22.2 Å². The molecule has 0 spiro atoms. The number of Topliss-reactive ketones (excluding diaryl/α,β-unsaturated/α-hetero) is 1. The molecule has 0 aromatic carbocycles. The van der Waals surface area contributed by atoms with Crippen LogP contribution in [-0.2, 0) is 0 Å². The van der Waals surface area contributed by atoms with Crippen molar-refractivity contribution in [2.45, 2.75) is 13.8 Å². The lowest BCUT2D eigenvalue weighted by molar-refractivity contribution is 0.101. The number of carbonyl (C=O) groups excluding carboxylic acids is 1. The molecule has 2 heterocycles. The van der Waals surface area contributed by atoms with Crippen LogP contribution < -0.4 is 0 Å². The molecular formula is C10H10N2O. The van der Waals surface area contributed by atoms with Gasteiger partial charge in [-0.25, -0.2) is 0 Å². The summed E-state index contributed by atoms with van der Waals surface area (Å²) in [6, 6.07) is 1.86. The smallest absolute Gasteiger partial charge is 0.161 e. The van der Waals surface area contributed by atoms with Gasteiger partial charge in [-0.15, -0.1) is 0 Å². The normalized spacial score (nSPS) is 10.6. The fourth-order valence-electron chi connectivity index (χ4n) is 1.49. The number of aryl methyl sites for hydroxylation is 1. The van der Waals surface area contributed by atoms with Crippen LogP contribution in [0.25, 0.3) is 10.9 Å². The van der Waals surface area contributed by atoms with E-state index in [2.05, 4.69) is 9.97 Å². The zero-order chi connectivity index (χ0) is 9.42. The highest BCUT2D eigenvalue weighted by atomic mass is 16.1. The Bertz CT molecular complexity index is 471. The van der Waals surface area contributed by atoms with E-state index in [1.807, 2.05) is 13.0 Å². The third-order valence-corrected chi connectivity index (χ3v) is 2.17. The van der Waals surface area contributed by atoms with E-state index in [1.165, 1.54) is 0 Å². The van der Waals surface area contributed by atoms with Crippen LogP contribution in [-0.4, -0.2) is 15.8 Å².